The number of fused-ring (bicyclic) bond motifs is 1. The molecule has 4 rings (SSSR count). The topological polar surface area (TPSA) is 79.8 Å². The van der Waals surface area contributed by atoms with E-state index in [4.69, 9.17) is 23.8 Å². The number of hydrogen-bond donors (Lipinski definition) is 2. The van der Waals surface area contributed by atoms with E-state index in [0.29, 0.717) is 33.7 Å². The minimum Gasteiger partial charge on any atom is -0.346 e. The predicted molar refractivity (Wildman–Crippen MR) is 115 cm³/mol. The number of H-pyrrole nitrogens is 1. The van der Waals surface area contributed by atoms with Crippen LogP contribution in [0.25, 0.3) is 16.6 Å². The molecule has 2 aromatic heterocycles. The summed E-state index contributed by atoms with van der Waals surface area (Å²) in [7, 11) is 0. The van der Waals surface area contributed by atoms with E-state index in [0.717, 1.165) is 5.69 Å². The van der Waals surface area contributed by atoms with Gasteiger partial charge in [0.2, 0.25) is 0 Å². The monoisotopic (exact) mass is 422 g/mol. The molecule has 6 nitrogen and oxygen atoms in total. The molecule has 0 spiro atoms. The van der Waals surface area contributed by atoms with E-state index in [-0.39, 0.29) is 16.2 Å². The largest absolute Gasteiger partial charge is 0.346 e. The minimum absolute atomic E-state index is 0.218. The number of rotatable bonds is 4. The lowest BCUT2D eigenvalue weighted by molar-refractivity contribution is 0.0950. The van der Waals surface area contributed by atoms with E-state index in [1.807, 2.05) is 18.2 Å². The fourth-order valence-electron chi connectivity index (χ4n) is 2.99. The molecule has 0 radical (unpaired) electrons. The molecular formula is C21H15ClN4O2S. The summed E-state index contributed by atoms with van der Waals surface area (Å²) in [4.78, 5) is 32.7. The first-order valence-corrected chi connectivity index (χ1v) is 9.55. The fraction of sp³-hybridized carbons (Fsp3) is 0.0476. The van der Waals surface area contributed by atoms with E-state index >= 15 is 0 Å². The van der Waals surface area contributed by atoms with Crippen molar-refractivity contribution in [1.82, 2.24) is 19.9 Å². The van der Waals surface area contributed by atoms with Gasteiger partial charge in [0, 0.05) is 16.8 Å². The van der Waals surface area contributed by atoms with Crippen LogP contribution in [-0.4, -0.2) is 20.4 Å². The number of nitrogens with zero attached hydrogens (tertiary/aromatic N) is 2. The van der Waals surface area contributed by atoms with Crippen LogP contribution in [0, 0.1) is 4.77 Å². The van der Waals surface area contributed by atoms with Gasteiger partial charge < -0.3 is 10.3 Å². The molecule has 0 unspecified atom stereocenters. The molecule has 0 saturated heterocycles. The molecule has 4 aromatic rings. The third-order valence-corrected chi connectivity index (χ3v) is 4.90. The van der Waals surface area contributed by atoms with Gasteiger partial charge in [-0.15, -0.1) is 0 Å². The summed E-state index contributed by atoms with van der Waals surface area (Å²) < 4.78 is 1.58. The smallest absolute Gasteiger partial charge is 0.266 e. The van der Waals surface area contributed by atoms with Crippen LogP contribution in [0.2, 0.25) is 5.02 Å². The maximum atomic E-state index is 13.0. The summed E-state index contributed by atoms with van der Waals surface area (Å²) in [6, 6.07) is 17.2. The maximum absolute atomic E-state index is 13.0. The first-order valence-electron chi connectivity index (χ1n) is 8.76. The Bertz CT molecular complexity index is 1330. The van der Waals surface area contributed by atoms with E-state index < -0.39 is 0 Å². The highest BCUT2D eigenvalue weighted by Gasteiger charge is 2.11. The lowest BCUT2D eigenvalue weighted by Crippen LogP contribution is -2.24. The quantitative estimate of drug-likeness (QED) is 0.487. The second kappa shape index (κ2) is 7.98. The van der Waals surface area contributed by atoms with Crippen molar-refractivity contribution >= 4 is 40.6 Å². The van der Waals surface area contributed by atoms with Crippen LogP contribution < -0.4 is 10.9 Å². The Morgan fingerprint density at radius 2 is 2.00 bits per heavy atom. The Labute approximate surface area is 175 Å². The van der Waals surface area contributed by atoms with Crippen LogP contribution in [0.3, 0.4) is 0 Å². The fourth-order valence-corrected chi connectivity index (χ4v) is 3.46. The zero-order valence-corrected chi connectivity index (χ0v) is 16.6. The number of hydrogen-bond acceptors (Lipinski definition) is 4. The summed E-state index contributed by atoms with van der Waals surface area (Å²) in [5.74, 6) is -0.270. The van der Waals surface area contributed by atoms with Crippen molar-refractivity contribution in [1.29, 1.82) is 0 Å². The number of halogens is 1. The highest BCUT2D eigenvalue weighted by atomic mass is 35.5. The highest BCUT2D eigenvalue weighted by Crippen LogP contribution is 2.17. The standard InChI is InChI=1S/C21H15ClN4O2S/c22-14-7-8-17-18(11-14)25-21(29)26(20(17)28)16-6-3-4-13(10-16)19(27)24-12-15-5-1-2-9-23-15/h1-11H,12H2,(H,24,27)(H,25,29). The van der Waals surface area contributed by atoms with Crippen LogP contribution in [-0.2, 0) is 6.54 Å². The number of carbonyl (C=O) groups excluding carboxylic acids is 1. The number of pyridine rings is 1. The molecule has 0 aliphatic heterocycles. The van der Waals surface area contributed by atoms with Gasteiger partial charge in [-0.25, -0.2) is 0 Å². The number of amides is 1. The molecule has 0 saturated carbocycles. The maximum Gasteiger partial charge on any atom is 0.266 e. The molecule has 29 heavy (non-hydrogen) atoms. The van der Waals surface area contributed by atoms with Crippen LogP contribution in [0.4, 0.5) is 0 Å². The van der Waals surface area contributed by atoms with Crippen LogP contribution >= 0.6 is 23.8 Å². The second-order valence-electron chi connectivity index (χ2n) is 6.31. The summed E-state index contributed by atoms with van der Waals surface area (Å²) in [6.07, 6.45) is 1.67. The molecule has 2 N–H and O–H groups in total. The van der Waals surface area contributed by atoms with Gasteiger partial charge in [0.05, 0.1) is 28.8 Å². The Hall–Kier alpha value is -3.29. The average Bonchev–Trinajstić information content (AvgIpc) is 2.72. The zero-order valence-electron chi connectivity index (χ0n) is 15.1. The number of aromatic nitrogens is 3. The molecule has 0 bridgehead atoms. The van der Waals surface area contributed by atoms with Crippen molar-refractivity contribution in [3.8, 4) is 5.69 Å². The third-order valence-electron chi connectivity index (χ3n) is 4.38. The van der Waals surface area contributed by atoms with Crippen LogP contribution in [0.1, 0.15) is 16.1 Å². The number of carbonyl (C=O) groups is 1. The zero-order chi connectivity index (χ0) is 20.4. The molecule has 8 heteroatoms. The Kier molecular flexibility index (Phi) is 5.24. The SMILES string of the molecule is O=C(NCc1ccccn1)c1cccc(-n2c(=S)[nH]c3cc(Cl)ccc3c2=O)c1. The summed E-state index contributed by atoms with van der Waals surface area (Å²) in [5, 5.41) is 3.78. The number of benzene rings is 2. The summed E-state index contributed by atoms with van der Waals surface area (Å²) >= 11 is 11.4. The summed E-state index contributed by atoms with van der Waals surface area (Å²) in [5.41, 5.74) is 1.94. The second-order valence-corrected chi connectivity index (χ2v) is 7.14. The number of nitrogens with one attached hydrogen (secondary N) is 2. The van der Waals surface area contributed by atoms with Gasteiger partial charge in [-0.05, 0) is 60.7 Å². The van der Waals surface area contributed by atoms with E-state index in [1.54, 1.807) is 48.7 Å². The minimum atomic E-state index is -0.286. The molecule has 2 aromatic carbocycles. The molecule has 0 aliphatic rings. The predicted octanol–water partition coefficient (Wildman–Crippen LogP) is 4.03. The molecule has 1 amide bonds. The number of aromatic amines is 1. The molecular weight excluding hydrogens is 408 g/mol. The molecule has 0 aliphatic carbocycles. The highest BCUT2D eigenvalue weighted by molar-refractivity contribution is 7.71. The van der Waals surface area contributed by atoms with Gasteiger partial charge in [0.15, 0.2) is 4.77 Å². The lowest BCUT2D eigenvalue weighted by Gasteiger charge is -2.10. The van der Waals surface area contributed by atoms with Gasteiger partial charge >= 0.3 is 0 Å². The van der Waals surface area contributed by atoms with Crippen LogP contribution in [0.15, 0.2) is 71.7 Å². The summed E-state index contributed by atoms with van der Waals surface area (Å²) in [6.45, 7) is 0.306. The van der Waals surface area contributed by atoms with E-state index in [9.17, 15) is 9.59 Å². The van der Waals surface area contributed by atoms with Gasteiger partial charge in [-0.1, -0.05) is 23.7 Å². The third kappa shape index (κ3) is 3.96. The van der Waals surface area contributed by atoms with Crippen molar-refractivity contribution in [3.05, 3.63) is 98.3 Å². The molecule has 144 valence electrons. The molecule has 0 fully saturated rings. The first kappa shape index (κ1) is 19.0. The lowest BCUT2D eigenvalue weighted by atomic mass is 10.1. The first-order chi connectivity index (χ1) is 14.0. The average molecular weight is 423 g/mol. The Balaban J connectivity index is 1.69. The van der Waals surface area contributed by atoms with E-state index in [1.165, 1.54) is 4.57 Å². The van der Waals surface area contributed by atoms with Crippen molar-refractivity contribution < 1.29 is 4.79 Å². The van der Waals surface area contributed by atoms with Crippen LogP contribution in [0.5, 0.6) is 0 Å². The Morgan fingerprint density at radius 3 is 2.79 bits per heavy atom. The van der Waals surface area contributed by atoms with Crippen molar-refractivity contribution in [2.75, 3.05) is 0 Å². The van der Waals surface area contributed by atoms with Gasteiger partial charge in [0.25, 0.3) is 11.5 Å². The van der Waals surface area contributed by atoms with Crippen molar-refractivity contribution in [2.24, 2.45) is 0 Å². The Morgan fingerprint density at radius 1 is 1.14 bits per heavy atom. The molecule has 0 atom stereocenters. The van der Waals surface area contributed by atoms with Gasteiger partial charge in [-0.3, -0.25) is 19.1 Å². The van der Waals surface area contributed by atoms with Crippen molar-refractivity contribution in [3.63, 3.8) is 0 Å². The van der Waals surface area contributed by atoms with Crippen molar-refractivity contribution in [2.45, 2.75) is 6.54 Å². The normalized spacial score (nSPS) is 10.8. The van der Waals surface area contributed by atoms with Gasteiger partial charge in [-0.2, -0.15) is 0 Å². The van der Waals surface area contributed by atoms with Gasteiger partial charge in [0.1, 0.15) is 0 Å². The van der Waals surface area contributed by atoms with E-state index in [2.05, 4.69) is 15.3 Å². The molecule has 2 heterocycles.